The lowest BCUT2D eigenvalue weighted by Gasteiger charge is -2.27. The summed E-state index contributed by atoms with van der Waals surface area (Å²) in [6, 6.07) is 2.04. The van der Waals surface area contributed by atoms with Gasteiger partial charge in [-0.25, -0.2) is 0 Å². The van der Waals surface area contributed by atoms with Crippen molar-refractivity contribution in [2.75, 3.05) is 38.2 Å². The highest BCUT2D eigenvalue weighted by atomic mass is 15.3. The maximum absolute atomic E-state index is 3.36. The monoisotopic (exact) mass is 180 g/mol. The summed E-state index contributed by atoms with van der Waals surface area (Å²) in [5.41, 5.74) is 1.17. The lowest BCUT2D eigenvalue weighted by molar-refractivity contribution is 0.256. The Bertz CT molecular complexity index is 226. The molecule has 0 atom stereocenters. The zero-order chi connectivity index (χ0) is 8.93. The quantitative estimate of drug-likeness (QED) is 0.626. The Morgan fingerprint density at radius 3 is 2.92 bits per heavy atom. The second-order valence-electron chi connectivity index (χ2n) is 3.30. The van der Waals surface area contributed by atoms with Crippen LogP contribution in [0.1, 0.15) is 0 Å². The summed E-state index contributed by atoms with van der Waals surface area (Å²) in [6.45, 7) is 5.43. The number of aromatic nitrogens is 1. The summed E-state index contributed by atoms with van der Waals surface area (Å²) < 4.78 is 0. The third-order valence-corrected chi connectivity index (χ3v) is 2.31. The van der Waals surface area contributed by atoms with Crippen molar-refractivity contribution in [1.29, 1.82) is 0 Å². The van der Waals surface area contributed by atoms with Crippen molar-refractivity contribution >= 4 is 5.69 Å². The van der Waals surface area contributed by atoms with Gasteiger partial charge < -0.3 is 15.6 Å². The molecule has 0 aliphatic carbocycles. The molecule has 0 saturated carbocycles. The van der Waals surface area contributed by atoms with E-state index in [1.807, 2.05) is 18.5 Å². The summed E-state index contributed by atoms with van der Waals surface area (Å²) >= 11 is 0. The van der Waals surface area contributed by atoms with Crippen molar-refractivity contribution in [2.45, 2.75) is 0 Å². The minimum Gasteiger partial charge on any atom is -0.371 e. The molecule has 0 radical (unpaired) electrons. The SMILES string of the molecule is c1cc(NCN2CCNCC2)c[nH]1. The highest BCUT2D eigenvalue weighted by Crippen LogP contribution is 2.03. The molecule has 0 unspecified atom stereocenters. The smallest absolute Gasteiger partial charge is 0.0679 e. The van der Waals surface area contributed by atoms with Crippen LogP contribution in [0.25, 0.3) is 0 Å². The summed E-state index contributed by atoms with van der Waals surface area (Å²) in [5, 5.41) is 6.69. The van der Waals surface area contributed by atoms with Crippen LogP contribution in [0.4, 0.5) is 5.69 Å². The lowest BCUT2D eigenvalue weighted by atomic mass is 10.4. The van der Waals surface area contributed by atoms with Gasteiger partial charge in [0.15, 0.2) is 0 Å². The number of nitrogens with one attached hydrogen (secondary N) is 3. The summed E-state index contributed by atoms with van der Waals surface area (Å²) in [5.74, 6) is 0. The van der Waals surface area contributed by atoms with Crippen LogP contribution in [0.5, 0.6) is 0 Å². The predicted octanol–water partition coefficient (Wildman–Crippen LogP) is 0.289. The first-order valence-corrected chi connectivity index (χ1v) is 4.75. The molecule has 0 amide bonds. The average molecular weight is 180 g/mol. The number of nitrogens with zero attached hydrogens (tertiary/aromatic N) is 1. The molecular formula is C9H16N4. The first-order valence-electron chi connectivity index (χ1n) is 4.75. The molecule has 1 aromatic rings. The van der Waals surface area contributed by atoms with E-state index in [1.54, 1.807) is 0 Å². The third kappa shape index (κ3) is 2.47. The molecule has 1 saturated heterocycles. The van der Waals surface area contributed by atoms with Crippen LogP contribution in [-0.2, 0) is 0 Å². The van der Waals surface area contributed by atoms with Crippen molar-refractivity contribution in [2.24, 2.45) is 0 Å². The van der Waals surface area contributed by atoms with Gasteiger partial charge in [-0.2, -0.15) is 0 Å². The summed E-state index contributed by atoms with van der Waals surface area (Å²) in [6.07, 6.45) is 3.91. The van der Waals surface area contributed by atoms with E-state index in [2.05, 4.69) is 20.5 Å². The number of anilines is 1. The highest BCUT2D eigenvalue weighted by molar-refractivity contribution is 5.39. The van der Waals surface area contributed by atoms with Gasteiger partial charge in [0, 0.05) is 38.6 Å². The molecule has 4 heteroatoms. The fraction of sp³-hybridized carbons (Fsp3) is 0.556. The van der Waals surface area contributed by atoms with Gasteiger partial charge in [0.2, 0.25) is 0 Å². The van der Waals surface area contributed by atoms with Gasteiger partial charge in [-0.1, -0.05) is 0 Å². The van der Waals surface area contributed by atoms with Crippen LogP contribution in [0.2, 0.25) is 0 Å². The van der Waals surface area contributed by atoms with E-state index in [1.165, 1.54) is 5.69 Å². The average Bonchev–Trinajstić information content (AvgIpc) is 2.69. The highest BCUT2D eigenvalue weighted by Gasteiger charge is 2.07. The van der Waals surface area contributed by atoms with Crippen molar-refractivity contribution < 1.29 is 0 Å². The van der Waals surface area contributed by atoms with Gasteiger partial charge in [0.05, 0.1) is 12.4 Å². The zero-order valence-electron chi connectivity index (χ0n) is 7.71. The Balaban J connectivity index is 1.72. The van der Waals surface area contributed by atoms with Crippen LogP contribution in [-0.4, -0.2) is 42.7 Å². The second kappa shape index (κ2) is 4.30. The van der Waals surface area contributed by atoms with E-state index in [-0.39, 0.29) is 0 Å². The number of piperazine rings is 1. The minimum absolute atomic E-state index is 0.944. The molecule has 13 heavy (non-hydrogen) atoms. The summed E-state index contributed by atoms with van der Waals surface area (Å²) in [7, 11) is 0. The number of hydrogen-bond donors (Lipinski definition) is 3. The standard InChI is InChI=1S/C9H16N4/c1-2-11-7-9(1)12-8-13-5-3-10-4-6-13/h1-2,7,10-12H,3-6,8H2. The Morgan fingerprint density at radius 2 is 2.23 bits per heavy atom. The van der Waals surface area contributed by atoms with E-state index in [0.717, 1.165) is 32.8 Å². The minimum atomic E-state index is 0.944. The van der Waals surface area contributed by atoms with Crippen molar-refractivity contribution in [3.63, 3.8) is 0 Å². The Labute approximate surface area is 78.3 Å². The topological polar surface area (TPSA) is 43.1 Å². The van der Waals surface area contributed by atoms with Crippen LogP contribution in [0.15, 0.2) is 18.5 Å². The van der Waals surface area contributed by atoms with Gasteiger partial charge in [-0.05, 0) is 6.07 Å². The predicted molar refractivity (Wildman–Crippen MR) is 53.7 cm³/mol. The maximum Gasteiger partial charge on any atom is 0.0679 e. The fourth-order valence-corrected chi connectivity index (χ4v) is 1.51. The van der Waals surface area contributed by atoms with Crippen LogP contribution < -0.4 is 10.6 Å². The molecule has 0 spiro atoms. The number of hydrogen-bond acceptors (Lipinski definition) is 3. The molecule has 1 aromatic heterocycles. The van der Waals surface area contributed by atoms with Gasteiger partial charge in [-0.15, -0.1) is 0 Å². The first kappa shape index (κ1) is 8.59. The van der Waals surface area contributed by atoms with Crippen molar-refractivity contribution in [3.05, 3.63) is 18.5 Å². The summed E-state index contributed by atoms with van der Waals surface area (Å²) in [4.78, 5) is 5.43. The largest absolute Gasteiger partial charge is 0.371 e. The Kier molecular flexibility index (Phi) is 2.84. The van der Waals surface area contributed by atoms with Gasteiger partial charge in [0.1, 0.15) is 0 Å². The number of H-pyrrole nitrogens is 1. The van der Waals surface area contributed by atoms with Crippen LogP contribution in [0.3, 0.4) is 0 Å². The molecule has 1 fully saturated rings. The number of rotatable bonds is 3. The molecular weight excluding hydrogens is 164 g/mol. The fourth-order valence-electron chi connectivity index (χ4n) is 1.51. The van der Waals surface area contributed by atoms with E-state index in [4.69, 9.17) is 0 Å². The van der Waals surface area contributed by atoms with Crippen LogP contribution >= 0.6 is 0 Å². The van der Waals surface area contributed by atoms with E-state index in [0.29, 0.717) is 0 Å². The van der Waals surface area contributed by atoms with E-state index in [9.17, 15) is 0 Å². The lowest BCUT2D eigenvalue weighted by Crippen LogP contribution is -2.45. The normalized spacial score (nSPS) is 18.8. The Hall–Kier alpha value is -1.00. The van der Waals surface area contributed by atoms with Gasteiger partial charge in [0.25, 0.3) is 0 Å². The third-order valence-electron chi connectivity index (χ3n) is 2.31. The maximum atomic E-state index is 3.36. The molecule has 3 N–H and O–H groups in total. The van der Waals surface area contributed by atoms with E-state index < -0.39 is 0 Å². The molecule has 1 aliphatic heterocycles. The van der Waals surface area contributed by atoms with Gasteiger partial charge in [-0.3, -0.25) is 4.90 Å². The molecule has 4 nitrogen and oxygen atoms in total. The molecule has 0 bridgehead atoms. The first-order chi connectivity index (χ1) is 6.45. The van der Waals surface area contributed by atoms with Crippen molar-refractivity contribution in [3.8, 4) is 0 Å². The molecule has 1 aliphatic rings. The van der Waals surface area contributed by atoms with E-state index >= 15 is 0 Å². The number of aromatic amines is 1. The molecule has 2 heterocycles. The van der Waals surface area contributed by atoms with Crippen molar-refractivity contribution in [1.82, 2.24) is 15.2 Å². The molecule has 2 rings (SSSR count). The second-order valence-corrected chi connectivity index (χ2v) is 3.30. The zero-order valence-corrected chi connectivity index (χ0v) is 7.71. The molecule has 0 aromatic carbocycles. The van der Waals surface area contributed by atoms with Gasteiger partial charge >= 0.3 is 0 Å². The Morgan fingerprint density at radius 1 is 1.38 bits per heavy atom. The van der Waals surface area contributed by atoms with Crippen LogP contribution in [0, 0.1) is 0 Å². The molecule has 72 valence electrons.